The first kappa shape index (κ1) is 8.49. The zero-order valence-corrected chi connectivity index (χ0v) is 7.44. The van der Waals surface area contributed by atoms with Crippen molar-refractivity contribution in [2.75, 3.05) is 5.73 Å². The second-order valence-electron chi connectivity index (χ2n) is 2.99. The Hall–Kier alpha value is -2.11. The molecule has 0 fully saturated rings. The van der Waals surface area contributed by atoms with E-state index < -0.39 is 4.92 Å². The third-order valence-corrected chi connectivity index (χ3v) is 2.16. The van der Waals surface area contributed by atoms with Gasteiger partial charge in [-0.3, -0.25) is 10.1 Å². The maximum atomic E-state index is 10.7. The molecule has 0 unspecified atom stereocenters. The predicted octanol–water partition coefficient (Wildman–Crippen LogP) is 1.36. The van der Waals surface area contributed by atoms with Crippen LogP contribution in [0.1, 0.15) is 5.56 Å². The smallest absolute Gasteiger partial charge is 0.276 e. The average Bonchev–Trinajstić information content (AvgIpc) is 2.59. The lowest BCUT2D eigenvalue weighted by molar-refractivity contribution is -0.385. The number of rotatable bonds is 1. The predicted molar refractivity (Wildman–Crippen MR) is 51.9 cm³/mol. The Kier molecular flexibility index (Phi) is 1.63. The second kappa shape index (κ2) is 2.69. The van der Waals surface area contributed by atoms with E-state index in [-0.39, 0.29) is 5.69 Å². The van der Waals surface area contributed by atoms with Crippen LogP contribution >= 0.6 is 0 Å². The van der Waals surface area contributed by atoms with E-state index in [9.17, 15) is 10.1 Å². The first-order chi connectivity index (χ1) is 6.61. The third kappa shape index (κ3) is 1.00. The summed E-state index contributed by atoms with van der Waals surface area (Å²) in [5.74, 6) is 0. The standard InChI is InChI=1S/C8H8N4O2/c1-4-6(12(13)14)2-5(9)8-7(4)10-3-11-8/h2-3H,9H2,1H3,(H,10,11). The highest BCUT2D eigenvalue weighted by atomic mass is 16.6. The van der Waals surface area contributed by atoms with E-state index in [4.69, 9.17) is 5.73 Å². The van der Waals surface area contributed by atoms with Gasteiger partial charge < -0.3 is 10.7 Å². The molecule has 1 aromatic carbocycles. The van der Waals surface area contributed by atoms with E-state index in [1.165, 1.54) is 12.4 Å². The fraction of sp³-hybridized carbons (Fsp3) is 0.125. The molecule has 6 heteroatoms. The number of aryl methyl sites for hydroxylation is 1. The number of aromatic amines is 1. The van der Waals surface area contributed by atoms with Crippen molar-refractivity contribution in [2.24, 2.45) is 0 Å². The van der Waals surface area contributed by atoms with Crippen LogP contribution in [0.15, 0.2) is 12.4 Å². The Balaban J connectivity index is 2.88. The highest BCUT2D eigenvalue weighted by Gasteiger charge is 2.17. The number of anilines is 1. The summed E-state index contributed by atoms with van der Waals surface area (Å²) in [6, 6.07) is 1.34. The molecular weight excluding hydrogens is 184 g/mol. The van der Waals surface area contributed by atoms with Gasteiger partial charge in [0.15, 0.2) is 0 Å². The van der Waals surface area contributed by atoms with Crippen molar-refractivity contribution in [3.05, 3.63) is 28.1 Å². The topological polar surface area (TPSA) is 97.8 Å². The normalized spacial score (nSPS) is 10.6. The maximum absolute atomic E-state index is 10.7. The number of nitro groups is 1. The number of fused-ring (bicyclic) bond motifs is 1. The minimum atomic E-state index is -0.459. The molecule has 3 N–H and O–H groups in total. The maximum Gasteiger partial charge on any atom is 0.276 e. The lowest BCUT2D eigenvalue weighted by atomic mass is 10.1. The summed E-state index contributed by atoms with van der Waals surface area (Å²) < 4.78 is 0. The van der Waals surface area contributed by atoms with E-state index in [0.29, 0.717) is 22.3 Å². The molecule has 0 bridgehead atoms. The fourth-order valence-corrected chi connectivity index (χ4v) is 1.44. The minimum Gasteiger partial charge on any atom is -0.397 e. The Bertz CT molecular complexity index is 517. The molecule has 0 atom stereocenters. The van der Waals surface area contributed by atoms with E-state index >= 15 is 0 Å². The Morgan fingerprint density at radius 3 is 3.00 bits per heavy atom. The summed E-state index contributed by atoms with van der Waals surface area (Å²) >= 11 is 0. The summed E-state index contributed by atoms with van der Waals surface area (Å²) in [4.78, 5) is 17.0. The van der Waals surface area contributed by atoms with Crippen LogP contribution < -0.4 is 5.73 Å². The van der Waals surface area contributed by atoms with Crippen molar-refractivity contribution < 1.29 is 4.92 Å². The van der Waals surface area contributed by atoms with Crippen molar-refractivity contribution in [3.8, 4) is 0 Å². The minimum absolute atomic E-state index is 0.00194. The molecule has 0 aliphatic heterocycles. The van der Waals surface area contributed by atoms with Crippen molar-refractivity contribution in [1.29, 1.82) is 0 Å². The van der Waals surface area contributed by atoms with Crippen molar-refractivity contribution >= 4 is 22.4 Å². The third-order valence-electron chi connectivity index (χ3n) is 2.16. The number of imidazole rings is 1. The second-order valence-corrected chi connectivity index (χ2v) is 2.99. The van der Waals surface area contributed by atoms with Crippen LogP contribution in [0.2, 0.25) is 0 Å². The number of nitrogens with zero attached hydrogens (tertiary/aromatic N) is 2. The van der Waals surface area contributed by atoms with Gasteiger partial charge in [-0.25, -0.2) is 4.98 Å². The van der Waals surface area contributed by atoms with Crippen LogP contribution in [0.5, 0.6) is 0 Å². The first-order valence-corrected chi connectivity index (χ1v) is 3.98. The van der Waals surface area contributed by atoms with Gasteiger partial charge in [-0.1, -0.05) is 0 Å². The first-order valence-electron chi connectivity index (χ1n) is 3.98. The van der Waals surface area contributed by atoms with Crippen molar-refractivity contribution in [2.45, 2.75) is 6.92 Å². The molecule has 6 nitrogen and oxygen atoms in total. The van der Waals surface area contributed by atoms with Crippen LogP contribution in [-0.4, -0.2) is 14.9 Å². The molecule has 0 aliphatic carbocycles. The Morgan fingerprint density at radius 1 is 1.64 bits per heavy atom. The number of H-pyrrole nitrogens is 1. The molecule has 0 amide bonds. The van der Waals surface area contributed by atoms with Crippen LogP contribution in [0, 0.1) is 17.0 Å². The van der Waals surface area contributed by atoms with Crippen molar-refractivity contribution in [3.63, 3.8) is 0 Å². The molecule has 0 radical (unpaired) electrons. The largest absolute Gasteiger partial charge is 0.397 e. The highest BCUT2D eigenvalue weighted by molar-refractivity contribution is 5.92. The van der Waals surface area contributed by atoms with Gasteiger partial charge in [0.1, 0.15) is 5.52 Å². The van der Waals surface area contributed by atoms with Gasteiger partial charge in [-0.05, 0) is 6.92 Å². The number of benzene rings is 1. The number of nitrogens with two attached hydrogens (primary N) is 1. The van der Waals surface area contributed by atoms with E-state index in [0.717, 1.165) is 0 Å². The van der Waals surface area contributed by atoms with Crippen LogP contribution in [0.3, 0.4) is 0 Å². The summed E-state index contributed by atoms with van der Waals surface area (Å²) in [6.07, 6.45) is 1.47. The molecule has 1 aromatic heterocycles. The molecule has 1 heterocycles. The average molecular weight is 192 g/mol. The molecule has 2 rings (SSSR count). The summed E-state index contributed by atoms with van der Waals surface area (Å²) in [6.45, 7) is 1.65. The monoisotopic (exact) mass is 192 g/mol. The lowest BCUT2D eigenvalue weighted by Crippen LogP contribution is -1.96. The SMILES string of the molecule is Cc1c([N+](=O)[O-])cc(N)c2[nH]cnc12. The molecule has 14 heavy (non-hydrogen) atoms. The van der Waals surface area contributed by atoms with Crippen LogP contribution in [0.4, 0.5) is 11.4 Å². The van der Waals surface area contributed by atoms with Gasteiger partial charge in [0, 0.05) is 6.07 Å². The molecule has 0 saturated heterocycles. The number of nitrogens with one attached hydrogen (secondary N) is 1. The molecule has 0 spiro atoms. The van der Waals surface area contributed by atoms with Crippen molar-refractivity contribution in [1.82, 2.24) is 9.97 Å². The fourth-order valence-electron chi connectivity index (χ4n) is 1.44. The van der Waals surface area contributed by atoms with Gasteiger partial charge >= 0.3 is 0 Å². The van der Waals surface area contributed by atoms with Gasteiger partial charge in [-0.2, -0.15) is 0 Å². The van der Waals surface area contributed by atoms with E-state index in [1.807, 2.05) is 0 Å². The molecule has 0 saturated carbocycles. The number of nitro benzene ring substituents is 1. The van der Waals surface area contributed by atoms with Gasteiger partial charge in [0.25, 0.3) is 5.69 Å². The number of hydrogen-bond acceptors (Lipinski definition) is 4. The lowest BCUT2D eigenvalue weighted by Gasteiger charge is -2.00. The Labute approximate surface area is 78.9 Å². The number of nitrogen functional groups attached to an aromatic ring is 1. The van der Waals surface area contributed by atoms with Crippen LogP contribution in [0.25, 0.3) is 11.0 Å². The Morgan fingerprint density at radius 2 is 2.36 bits per heavy atom. The summed E-state index contributed by atoms with van der Waals surface area (Å²) in [5.41, 5.74) is 7.70. The quantitative estimate of drug-likeness (QED) is 0.405. The molecule has 2 aromatic rings. The zero-order chi connectivity index (χ0) is 10.3. The highest BCUT2D eigenvalue weighted by Crippen LogP contribution is 2.29. The van der Waals surface area contributed by atoms with Crippen LogP contribution in [-0.2, 0) is 0 Å². The van der Waals surface area contributed by atoms with E-state index in [1.54, 1.807) is 6.92 Å². The molecule has 0 aliphatic rings. The molecular formula is C8H8N4O2. The number of aromatic nitrogens is 2. The van der Waals surface area contributed by atoms with Gasteiger partial charge in [0.05, 0.1) is 28.0 Å². The number of hydrogen-bond donors (Lipinski definition) is 2. The molecule has 72 valence electrons. The summed E-state index contributed by atoms with van der Waals surface area (Å²) in [5, 5.41) is 10.7. The van der Waals surface area contributed by atoms with Gasteiger partial charge in [0.2, 0.25) is 0 Å². The zero-order valence-electron chi connectivity index (χ0n) is 7.44. The van der Waals surface area contributed by atoms with Gasteiger partial charge in [-0.15, -0.1) is 0 Å². The van der Waals surface area contributed by atoms with E-state index in [2.05, 4.69) is 9.97 Å². The summed E-state index contributed by atoms with van der Waals surface area (Å²) in [7, 11) is 0.